The Morgan fingerprint density at radius 2 is 0.732 bits per heavy atom. The fourth-order valence-electron chi connectivity index (χ4n) is 5.71. The van der Waals surface area contributed by atoms with Gasteiger partial charge in [-0.3, -0.25) is 14.4 Å². The van der Waals surface area contributed by atoms with Crippen LogP contribution in [0.4, 0.5) is 0 Å². The first-order chi connectivity index (χ1) is 19.8. The fourth-order valence-corrected chi connectivity index (χ4v) is 5.71. The SMILES string of the molecule is CCCCCCCCCCC/C=C/CCCCCC[N+](CCCCC(=O)O)(CCCCC(=O)O)CCCCC(=O)O. The molecular weight excluding hydrogens is 518 g/mol. The van der Waals surface area contributed by atoms with Gasteiger partial charge in [-0.25, -0.2) is 0 Å². The minimum absolute atomic E-state index is 0.171. The van der Waals surface area contributed by atoms with Crippen LogP contribution in [0.25, 0.3) is 0 Å². The molecule has 0 atom stereocenters. The molecule has 0 rings (SSSR count). The van der Waals surface area contributed by atoms with Gasteiger partial charge in [0.15, 0.2) is 0 Å². The average Bonchev–Trinajstić information content (AvgIpc) is 2.93. The summed E-state index contributed by atoms with van der Waals surface area (Å²) in [5.41, 5.74) is 0. The Kier molecular flexibility index (Phi) is 26.9. The maximum absolute atomic E-state index is 11.0. The highest BCUT2D eigenvalue weighted by atomic mass is 16.4. The summed E-state index contributed by atoms with van der Waals surface area (Å²) in [5.74, 6) is -2.31. The quantitative estimate of drug-likeness (QED) is 0.0414. The summed E-state index contributed by atoms with van der Waals surface area (Å²) in [5, 5.41) is 27.1. The van der Waals surface area contributed by atoms with Crippen LogP contribution in [-0.2, 0) is 14.4 Å². The van der Waals surface area contributed by atoms with Gasteiger partial charge >= 0.3 is 17.9 Å². The summed E-state index contributed by atoms with van der Waals surface area (Å²) in [4.78, 5) is 33.0. The molecule has 0 aromatic heterocycles. The van der Waals surface area contributed by atoms with Crippen molar-refractivity contribution in [1.29, 1.82) is 0 Å². The van der Waals surface area contributed by atoms with E-state index in [1.165, 1.54) is 77.0 Å². The van der Waals surface area contributed by atoms with E-state index in [2.05, 4.69) is 19.1 Å². The second-order valence-electron chi connectivity index (χ2n) is 12.1. The van der Waals surface area contributed by atoms with E-state index >= 15 is 0 Å². The molecule has 0 aliphatic carbocycles. The zero-order valence-electron chi connectivity index (χ0n) is 26.5. The summed E-state index contributed by atoms with van der Waals surface area (Å²) < 4.78 is 0.859. The van der Waals surface area contributed by atoms with E-state index < -0.39 is 17.9 Å². The molecule has 0 aromatic rings. The summed E-state index contributed by atoms with van der Waals surface area (Å²) in [6.07, 6.45) is 28.9. The van der Waals surface area contributed by atoms with Gasteiger partial charge in [-0.15, -0.1) is 0 Å². The zero-order valence-corrected chi connectivity index (χ0v) is 26.5. The molecule has 0 fully saturated rings. The third kappa shape index (κ3) is 28.0. The highest BCUT2D eigenvalue weighted by Gasteiger charge is 2.26. The van der Waals surface area contributed by atoms with E-state index in [0.717, 1.165) is 69.2 Å². The van der Waals surface area contributed by atoms with Gasteiger partial charge in [0.25, 0.3) is 0 Å². The largest absolute Gasteiger partial charge is 0.481 e. The Labute approximate surface area is 251 Å². The van der Waals surface area contributed by atoms with Crippen molar-refractivity contribution >= 4 is 17.9 Å². The van der Waals surface area contributed by atoms with E-state index in [4.69, 9.17) is 15.3 Å². The maximum Gasteiger partial charge on any atom is 0.303 e. The molecule has 0 aliphatic heterocycles. The van der Waals surface area contributed by atoms with Gasteiger partial charge in [-0.05, 0) is 77.0 Å². The van der Waals surface area contributed by atoms with Crippen molar-refractivity contribution in [2.45, 2.75) is 161 Å². The topological polar surface area (TPSA) is 112 Å². The Bertz CT molecular complexity index is 623. The van der Waals surface area contributed by atoms with Crippen LogP contribution in [0.15, 0.2) is 12.2 Å². The zero-order chi connectivity index (χ0) is 30.4. The van der Waals surface area contributed by atoms with Crippen LogP contribution in [-0.4, -0.2) is 63.9 Å². The van der Waals surface area contributed by atoms with Gasteiger partial charge in [0.1, 0.15) is 0 Å². The van der Waals surface area contributed by atoms with Crippen molar-refractivity contribution < 1.29 is 34.2 Å². The Morgan fingerprint density at radius 3 is 1.07 bits per heavy atom. The van der Waals surface area contributed by atoms with Gasteiger partial charge in [-0.2, -0.15) is 0 Å². The monoisotopic (exact) mass is 582 g/mol. The maximum atomic E-state index is 11.0. The Morgan fingerprint density at radius 1 is 0.439 bits per heavy atom. The normalized spacial score (nSPS) is 11.8. The first-order valence-corrected chi connectivity index (χ1v) is 17.0. The van der Waals surface area contributed by atoms with E-state index in [0.29, 0.717) is 19.3 Å². The number of hydrogen-bond acceptors (Lipinski definition) is 3. The van der Waals surface area contributed by atoms with Crippen molar-refractivity contribution in [3.63, 3.8) is 0 Å². The molecule has 0 amide bonds. The van der Waals surface area contributed by atoms with E-state index in [1.807, 2.05) is 0 Å². The standard InChI is InChI=1S/C34H63NO6/c1-2-3-4-5-6-7-8-9-10-11-12-13-14-15-16-17-21-28-35(29-22-18-25-32(36)37,30-23-19-26-33(38)39)31-24-20-27-34(40)41/h12-13H,2-11,14-31H2,1H3,(H2-,36,37,38,39,40,41)/p+1/b13-12+. The predicted molar refractivity (Wildman–Crippen MR) is 168 cm³/mol. The highest BCUT2D eigenvalue weighted by Crippen LogP contribution is 2.19. The van der Waals surface area contributed by atoms with Gasteiger partial charge in [0.05, 0.1) is 26.2 Å². The van der Waals surface area contributed by atoms with Crippen molar-refractivity contribution in [1.82, 2.24) is 0 Å². The van der Waals surface area contributed by atoms with Crippen LogP contribution in [0.3, 0.4) is 0 Å². The summed E-state index contributed by atoms with van der Waals surface area (Å²) in [6, 6.07) is 0. The lowest BCUT2D eigenvalue weighted by atomic mass is 10.1. The lowest BCUT2D eigenvalue weighted by Gasteiger charge is -2.39. The molecule has 0 bridgehead atoms. The Hall–Kier alpha value is -1.89. The molecule has 0 aliphatic rings. The number of unbranched alkanes of at least 4 members (excludes halogenated alkanes) is 16. The molecule has 41 heavy (non-hydrogen) atoms. The van der Waals surface area contributed by atoms with Crippen LogP contribution in [0, 0.1) is 0 Å². The summed E-state index contributed by atoms with van der Waals surface area (Å²) >= 11 is 0. The van der Waals surface area contributed by atoms with Crippen LogP contribution in [0.5, 0.6) is 0 Å². The molecular formula is C34H64NO6+. The molecule has 3 N–H and O–H groups in total. The summed E-state index contributed by atoms with van der Waals surface area (Å²) in [6.45, 7) is 5.92. The third-order valence-electron chi connectivity index (χ3n) is 8.21. The summed E-state index contributed by atoms with van der Waals surface area (Å²) in [7, 11) is 0. The van der Waals surface area contributed by atoms with Crippen LogP contribution in [0.1, 0.15) is 161 Å². The second-order valence-corrected chi connectivity index (χ2v) is 12.1. The van der Waals surface area contributed by atoms with Gasteiger partial charge < -0.3 is 19.8 Å². The average molecular weight is 583 g/mol. The number of rotatable bonds is 32. The third-order valence-corrected chi connectivity index (χ3v) is 8.21. The number of carbonyl (C=O) groups is 3. The smallest absolute Gasteiger partial charge is 0.303 e. The number of hydrogen-bond donors (Lipinski definition) is 3. The molecule has 0 radical (unpaired) electrons. The van der Waals surface area contributed by atoms with E-state index in [1.54, 1.807) is 0 Å². The molecule has 7 nitrogen and oxygen atoms in total. The molecule has 0 unspecified atom stereocenters. The second kappa shape index (κ2) is 28.2. The number of carboxylic acid groups (broad SMARTS) is 3. The fraction of sp³-hybridized carbons (Fsp3) is 0.853. The number of allylic oxidation sites excluding steroid dienone is 2. The molecule has 0 saturated carbocycles. The number of aliphatic carboxylic acids is 3. The van der Waals surface area contributed by atoms with Crippen LogP contribution in [0.2, 0.25) is 0 Å². The molecule has 7 heteroatoms. The van der Waals surface area contributed by atoms with Crippen molar-refractivity contribution in [2.24, 2.45) is 0 Å². The van der Waals surface area contributed by atoms with Gasteiger partial charge in [0.2, 0.25) is 0 Å². The lowest BCUT2D eigenvalue weighted by Crippen LogP contribution is -2.51. The van der Waals surface area contributed by atoms with Gasteiger partial charge in [0, 0.05) is 19.3 Å². The van der Waals surface area contributed by atoms with Crippen molar-refractivity contribution in [3.8, 4) is 0 Å². The number of carboxylic acids is 3. The van der Waals surface area contributed by atoms with E-state index in [9.17, 15) is 14.4 Å². The number of quaternary nitrogens is 1. The van der Waals surface area contributed by atoms with Crippen LogP contribution < -0.4 is 0 Å². The first-order valence-electron chi connectivity index (χ1n) is 17.0. The van der Waals surface area contributed by atoms with Crippen molar-refractivity contribution in [3.05, 3.63) is 12.2 Å². The van der Waals surface area contributed by atoms with Crippen molar-refractivity contribution in [2.75, 3.05) is 26.2 Å². The molecule has 0 heterocycles. The number of nitrogens with zero attached hydrogens (tertiary/aromatic N) is 1. The lowest BCUT2D eigenvalue weighted by molar-refractivity contribution is -0.929. The van der Waals surface area contributed by atoms with E-state index in [-0.39, 0.29) is 19.3 Å². The van der Waals surface area contributed by atoms with Gasteiger partial charge in [-0.1, -0.05) is 76.9 Å². The molecule has 0 saturated heterocycles. The minimum Gasteiger partial charge on any atom is -0.481 e. The molecule has 240 valence electrons. The van der Waals surface area contributed by atoms with Crippen LogP contribution >= 0.6 is 0 Å². The predicted octanol–water partition coefficient (Wildman–Crippen LogP) is 9.00. The minimum atomic E-state index is -0.770. The Balaban J connectivity index is 4.43. The molecule has 0 spiro atoms. The first kappa shape index (κ1) is 39.1. The molecule has 0 aromatic carbocycles. The highest BCUT2D eigenvalue weighted by molar-refractivity contribution is 5.67.